The third-order valence-corrected chi connectivity index (χ3v) is 3.07. The van der Waals surface area contributed by atoms with Gasteiger partial charge >= 0.3 is 5.97 Å². The van der Waals surface area contributed by atoms with Crippen LogP contribution in [0.1, 0.15) is 23.2 Å². The van der Waals surface area contributed by atoms with Crippen molar-refractivity contribution in [2.24, 2.45) is 0 Å². The van der Waals surface area contributed by atoms with E-state index in [0.717, 1.165) is 12.8 Å². The summed E-state index contributed by atoms with van der Waals surface area (Å²) in [6.07, 6.45) is 1.35. The Morgan fingerprint density at radius 2 is 1.74 bits per heavy atom. The van der Waals surface area contributed by atoms with Crippen LogP contribution in [-0.2, 0) is 9.47 Å². The van der Waals surface area contributed by atoms with E-state index in [0.29, 0.717) is 30.3 Å². The van der Waals surface area contributed by atoms with Gasteiger partial charge in [0.25, 0.3) is 0 Å². The second kappa shape index (κ2) is 6.43. The smallest absolute Gasteiger partial charge is 0.346 e. The molecule has 1 aromatic rings. The zero-order valence-corrected chi connectivity index (χ0v) is 11.2. The second-order valence-electron chi connectivity index (χ2n) is 4.25. The lowest BCUT2D eigenvalue weighted by atomic mass is 10.1. The predicted octanol–water partition coefficient (Wildman–Crippen LogP) is 2.04. The lowest BCUT2D eigenvalue weighted by Gasteiger charge is -2.23. The van der Waals surface area contributed by atoms with Crippen LogP contribution in [-0.4, -0.2) is 39.5 Å². The Kier molecular flexibility index (Phi) is 4.63. The molecule has 0 atom stereocenters. The van der Waals surface area contributed by atoms with E-state index in [2.05, 4.69) is 0 Å². The molecule has 0 spiro atoms. The minimum absolute atomic E-state index is 0.101. The molecule has 1 aromatic carbocycles. The Hall–Kier alpha value is -1.75. The minimum atomic E-state index is -0.416. The van der Waals surface area contributed by atoms with Crippen molar-refractivity contribution in [1.82, 2.24) is 0 Å². The zero-order valence-electron chi connectivity index (χ0n) is 11.2. The summed E-state index contributed by atoms with van der Waals surface area (Å²) in [4.78, 5) is 12.2. The molecule has 1 aliphatic heterocycles. The summed E-state index contributed by atoms with van der Waals surface area (Å²) in [6.45, 7) is 1.25. The molecule has 0 saturated carbocycles. The van der Waals surface area contributed by atoms with Gasteiger partial charge in [0, 0.05) is 12.8 Å². The molecule has 5 heteroatoms. The first kappa shape index (κ1) is 13.7. The number of esters is 1. The summed E-state index contributed by atoms with van der Waals surface area (Å²) < 4.78 is 21.1. The van der Waals surface area contributed by atoms with Gasteiger partial charge in [0.2, 0.25) is 0 Å². The number of ether oxygens (including phenoxy) is 4. The van der Waals surface area contributed by atoms with E-state index in [9.17, 15) is 4.79 Å². The van der Waals surface area contributed by atoms with Crippen LogP contribution in [0.5, 0.6) is 11.5 Å². The van der Waals surface area contributed by atoms with Gasteiger partial charge in [0.05, 0.1) is 27.4 Å². The van der Waals surface area contributed by atoms with Crippen molar-refractivity contribution in [3.63, 3.8) is 0 Å². The molecule has 1 fully saturated rings. The Labute approximate surface area is 112 Å². The molecule has 19 heavy (non-hydrogen) atoms. The van der Waals surface area contributed by atoms with E-state index >= 15 is 0 Å². The topological polar surface area (TPSA) is 54.0 Å². The predicted molar refractivity (Wildman–Crippen MR) is 68.8 cm³/mol. The molecule has 0 bridgehead atoms. The van der Waals surface area contributed by atoms with Gasteiger partial charge in [-0.1, -0.05) is 6.07 Å². The molecule has 0 aromatic heterocycles. The summed E-state index contributed by atoms with van der Waals surface area (Å²) in [7, 11) is 3.03. The van der Waals surface area contributed by atoms with Gasteiger partial charge in [-0.2, -0.15) is 0 Å². The molecule has 0 aliphatic carbocycles. The fourth-order valence-corrected chi connectivity index (χ4v) is 2.06. The maximum atomic E-state index is 12.2. The molecule has 5 nitrogen and oxygen atoms in total. The highest BCUT2D eigenvalue weighted by molar-refractivity contribution is 5.95. The molecule has 2 rings (SSSR count). The first-order valence-electron chi connectivity index (χ1n) is 6.26. The molecule has 0 N–H and O–H groups in total. The van der Waals surface area contributed by atoms with Gasteiger partial charge in [-0.25, -0.2) is 4.79 Å². The van der Waals surface area contributed by atoms with Gasteiger partial charge in [0.1, 0.15) is 23.2 Å². The van der Waals surface area contributed by atoms with E-state index in [1.165, 1.54) is 14.2 Å². The monoisotopic (exact) mass is 266 g/mol. The van der Waals surface area contributed by atoms with Crippen molar-refractivity contribution in [3.8, 4) is 11.5 Å². The summed E-state index contributed by atoms with van der Waals surface area (Å²) in [5.41, 5.74) is 0.332. The number of benzene rings is 1. The van der Waals surface area contributed by atoms with Gasteiger partial charge in [-0.15, -0.1) is 0 Å². The molecule has 0 amide bonds. The van der Waals surface area contributed by atoms with Gasteiger partial charge < -0.3 is 18.9 Å². The zero-order chi connectivity index (χ0) is 13.7. The highest BCUT2D eigenvalue weighted by Gasteiger charge is 2.24. The number of rotatable bonds is 4. The van der Waals surface area contributed by atoms with Crippen molar-refractivity contribution >= 4 is 5.97 Å². The molecule has 1 saturated heterocycles. The minimum Gasteiger partial charge on any atom is -0.496 e. The fraction of sp³-hybridized carbons (Fsp3) is 0.500. The summed E-state index contributed by atoms with van der Waals surface area (Å²) >= 11 is 0. The fourth-order valence-electron chi connectivity index (χ4n) is 2.06. The standard InChI is InChI=1S/C14H18O5/c1-16-11-4-3-5-12(17-2)13(11)14(15)19-10-6-8-18-9-7-10/h3-5,10H,6-9H2,1-2H3. The third-order valence-electron chi connectivity index (χ3n) is 3.07. The first-order valence-corrected chi connectivity index (χ1v) is 6.26. The molecule has 0 unspecified atom stereocenters. The molecule has 1 aliphatic rings. The van der Waals surface area contributed by atoms with Gasteiger partial charge in [-0.3, -0.25) is 0 Å². The van der Waals surface area contributed by atoms with E-state index in [4.69, 9.17) is 18.9 Å². The summed E-state index contributed by atoms with van der Waals surface area (Å²) in [6, 6.07) is 5.19. The van der Waals surface area contributed by atoms with Crippen LogP contribution in [0.15, 0.2) is 18.2 Å². The van der Waals surface area contributed by atoms with E-state index in [1.807, 2.05) is 0 Å². The SMILES string of the molecule is COc1cccc(OC)c1C(=O)OC1CCOCC1. The van der Waals surface area contributed by atoms with Crippen LogP contribution in [0.2, 0.25) is 0 Å². The van der Waals surface area contributed by atoms with Crippen LogP contribution >= 0.6 is 0 Å². The summed E-state index contributed by atoms with van der Waals surface area (Å²) in [5.74, 6) is 0.494. The highest BCUT2D eigenvalue weighted by Crippen LogP contribution is 2.29. The van der Waals surface area contributed by atoms with Crippen molar-refractivity contribution in [2.75, 3.05) is 27.4 Å². The highest BCUT2D eigenvalue weighted by atomic mass is 16.6. The van der Waals surface area contributed by atoms with Crippen molar-refractivity contribution in [1.29, 1.82) is 0 Å². The van der Waals surface area contributed by atoms with Crippen LogP contribution in [0.3, 0.4) is 0 Å². The molecular formula is C14H18O5. The normalized spacial score (nSPS) is 15.9. The lowest BCUT2D eigenvalue weighted by molar-refractivity contribution is -0.0162. The van der Waals surface area contributed by atoms with Crippen molar-refractivity contribution < 1.29 is 23.7 Å². The van der Waals surface area contributed by atoms with Crippen LogP contribution in [0, 0.1) is 0 Å². The Morgan fingerprint density at radius 3 is 2.26 bits per heavy atom. The average molecular weight is 266 g/mol. The first-order chi connectivity index (χ1) is 9.26. The molecule has 104 valence electrons. The van der Waals surface area contributed by atoms with E-state index < -0.39 is 5.97 Å². The third kappa shape index (κ3) is 3.17. The largest absolute Gasteiger partial charge is 0.496 e. The lowest BCUT2D eigenvalue weighted by Crippen LogP contribution is -2.26. The van der Waals surface area contributed by atoms with Crippen LogP contribution in [0.4, 0.5) is 0 Å². The molecule has 1 heterocycles. The van der Waals surface area contributed by atoms with Gasteiger partial charge in [-0.05, 0) is 12.1 Å². The Morgan fingerprint density at radius 1 is 1.16 bits per heavy atom. The second-order valence-corrected chi connectivity index (χ2v) is 4.25. The number of carbonyl (C=O) groups excluding carboxylic acids is 1. The van der Waals surface area contributed by atoms with E-state index in [-0.39, 0.29) is 6.10 Å². The van der Waals surface area contributed by atoms with Crippen LogP contribution in [0.25, 0.3) is 0 Å². The maximum absolute atomic E-state index is 12.2. The Balaban J connectivity index is 2.17. The summed E-state index contributed by atoms with van der Waals surface area (Å²) in [5, 5.41) is 0. The van der Waals surface area contributed by atoms with Gasteiger partial charge in [0.15, 0.2) is 0 Å². The quantitative estimate of drug-likeness (QED) is 0.781. The van der Waals surface area contributed by atoms with Crippen molar-refractivity contribution in [2.45, 2.75) is 18.9 Å². The number of hydrogen-bond donors (Lipinski definition) is 0. The Bertz CT molecular complexity index is 415. The average Bonchev–Trinajstić information content (AvgIpc) is 2.47. The molecule has 0 radical (unpaired) electrons. The van der Waals surface area contributed by atoms with Crippen LogP contribution < -0.4 is 9.47 Å². The number of methoxy groups -OCH3 is 2. The van der Waals surface area contributed by atoms with Crippen molar-refractivity contribution in [3.05, 3.63) is 23.8 Å². The maximum Gasteiger partial charge on any atom is 0.346 e. The number of hydrogen-bond acceptors (Lipinski definition) is 5. The van der Waals surface area contributed by atoms with E-state index in [1.54, 1.807) is 18.2 Å². The molecular weight excluding hydrogens is 248 g/mol. The number of carbonyl (C=O) groups is 1.